The van der Waals surface area contributed by atoms with Gasteiger partial charge in [0.1, 0.15) is 11.2 Å². The van der Waals surface area contributed by atoms with Crippen LogP contribution in [-0.2, 0) is 4.79 Å². The molecule has 4 aromatic heterocycles. The number of nitrogens with one attached hydrogen (secondary N) is 3. The number of ether oxygens (including phenoxy) is 2. The van der Waals surface area contributed by atoms with E-state index in [2.05, 4.69) is 35.4 Å². The molecule has 61 heavy (non-hydrogen) atoms. The summed E-state index contributed by atoms with van der Waals surface area (Å²) < 4.78 is 71.9. The van der Waals surface area contributed by atoms with Crippen LogP contribution in [0, 0.1) is 0 Å². The van der Waals surface area contributed by atoms with Crippen LogP contribution in [0.3, 0.4) is 0 Å². The number of nitrogens with two attached hydrogens (primary N) is 1. The minimum atomic E-state index is -3.10. The molecule has 4 aromatic carbocycles. The first kappa shape index (κ1) is 42.6. The molecule has 0 aliphatic rings. The zero-order valence-corrected chi connectivity index (χ0v) is 33.6. The van der Waals surface area contributed by atoms with Crippen LogP contribution in [0.4, 0.5) is 40.3 Å². The van der Waals surface area contributed by atoms with Gasteiger partial charge in [-0.25, -0.2) is 0 Å². The molecular weight excluding hydrogens is 894 g/mol. The monoisotopic (exact) mass is 916 g/mol. The van der Waals surface area contributed by atoms with Crippen LogP contribution < -0.4 is 31.2 Å². The number of furan rings is 2. The number of anilines is 4. The molecular formula is C40H24Cl4F4N6O7. The van der Waals surface area contributed by atoms with E-state index in [1.165, 1.54) is 56.0 Å². The smallest absolute Gasteiger partial charge is 0.387 e. The first-order valence-corrected chi connectivity index (χ1v) is 18.7. The Kier molecular flexibility index (Phi) is 12.3. The number of aromatic nitrogens is 2. The molecule has 0 bridgehead atoms. The summed E-state index contributed by atoms with van der Waals surface area (Å²) in [6.07, 6.45) is 5.27. The van der Waals surface area contributed by atoms with Crippen molar-refractivity contribution < 1.29 is 50.3 Å². The Balaban J connectivity index is 0.000000185. The van der Waals surface area contributed by atoms with E-state index in [9.17, 15) is 31.9 Å². The molecule has 0 radical (unpaired) electrons. The number of rotatable bonds is 9. The molecule has 8 aromatic rings. The molecule has 0 atom stereocenters. The average Bonchev–Trinajstić information content (AvgIpc) is 3.77. The second-order valence-corrected chi connectivity index (χ2v) is 14.2. The maximum atomic E-state index is 13.1. The van der Waals surface area contributed by atoms with Gasteiger partial charge in [0, 0.05) is 64.6 Å². The van der Waals surface area contributed by atoms with Gasteiger partial charge in [0.05, 0.1) is 42.6 Å². The second kappa shape index (κ2) is 17.6. The molecule has 4 heterocycles. The minimum absolute atomic E-state index is 0.00882. The molecule has 0 aliphatic heterocycles. The summed E-state index contributed by atoms with van der Waals surface area (Å²) in [5.74, 6) is -1.97. The summed E-state index contributed by atoms with van der Waals surface area (Å²) in [5, 5.41) is 9.71. The van der Waals surface area contributed by atoms with Gasteiger partial charge in [0.2, 0.25) is 5.91 Å². The Morgan fingerprint density at radius 1 is 0.623 bits per heavy atom. The van der Waals surface area contributed by atoms with Crippen molar-refractivity contribution in [2.45, 2.75) is 20.1 Å². The van der Waals surface area contributed by atoms with Crippen molar-refractivity contribution in [2.75, 3.05) is 21.7 Å². The number of nitrogens with zero attached hydrogens (tertiary/aromatic N) is 2. The predicted octanol–water partition coefficient (Wildman–Crippen LogP) is 11.8. The van der Waals surface area contributed by atoms with Crippen LogP contribution in [0.15, 0.2) is 94.3 Å². The lowest BCUT2D eigenvalue weighted by Gasteiger charge is -2.11. The van der Waals surface area contributed by atoms with Crippen LogP contribution in [0.5, 0.6) is 11.5 Å². The van der Waals surface area contributed by atoms with Gasteiger partial charge in [-0.05, 0) is 60.7 Å². The fraction of sp³-hybridized carbons (Fsp3) is 0.0750. The number of amides is 3. The topological polar surface area (TPSA) is 184 Å². The van der Waals surface area contributed by atoms with Crippen molar-refractivity contribution in [3.8, 4) is 11.5 Å². The number of nitrogen functional groups attached to an aromatic ring is 1. The summed E-state index contributed by atoms with van der Waals surface area (Å²) in [5.41, 5.74) is 7.81. The maximum Gasteiger partial charge on any atom is 0.387 e. The van der Waals surface area contributed by atoms with E-state index in [0.717, 1.165) is 0 Å². The Labute approximate surface area is 359 Å². The Hall–Kier alpha value is -6.53. The number of hydrogen-bond acceptors (Lipinski definition) is 10. The molecule has 0 fully saturated rings. The van der Waals surface area contributed by atoms with Gasteiger partial charge in [-0.3, -0.25) is 24.4 Å². The minimum Gasteiger partial charge on any atom is -0.452 e. The largest absolute Gasteiger partial charge is 0.452 e. The lowest BCUT2D eigenvalue weighted by atomic mass is 10.0. The Morgan fingerprint density at radius 3 is 1.48 bits per heavy atom. The fourth-order valence-electron chi connectivity index (χ4n) is 6.19. The van der Waals surface area contributed by atoms with Crippen LogP contribution in [0.2, 0.25) is 20.1 Å². The van der Waals surface area contributed by atoms with Crippen LogP contribution in [0.25, 0.3) is 43.9 Å². The van der Waals surface area contributed by atoms with E-state index < -0.39 is 25.0 Å². The number of hydrogen-bond donors (Lipinski definition) is 4. The number of carbonyl (C=O) groups excluding carboxylic acids is 3. The van der Waals surface area contributed by atoms with Crippen molar-refractivity contribution >= 4 is 131 Å². The van der Waals surface area contributed by atoms with Gasteiger partial charge in [0.15, 0.2) is 22.7 Å². The molecule has 21 heteroatoms. The zero-order valence-electron chi connectivity index (χ0n) is 30.6. The number of halogens is 8. The molecule has 8 rings (SSSR count). The summed E-state index contributed by atoms with van der Waals surface area (Å²) >= 11 is 24.3. The highest BCUT2D eigenvalue weighted by Gasteiger charge is 2.25. The standard InChI is InChI=1S/C21H13Cl2F2N3O4.C19H11Cl2F2N3O3/c1-9(29)27-10-2-4-15-12(6-10)17-11(3-5-16(19(17)31-15)32-21(24)25)20(30)28-18-13(22)7-26-8-14(18)23;20-11-6-25-7-12(21)16(11)26-18(27)9-2-4-14(29-19(22)23)17-15(9)10-5-8(24)1-3-13(10)28-17/h2-8,21H,1H3,(H,27,29)(H,26,28,30);1-7,19H,24H2,(H,25,26,27). The van der Waals surface area contributed by atoms with Crippen molar-refractivity contribution in [1.82, 2.24) is 9.97 Å². The quantitative estimate of drug-likeness (QED) is 0.0802. The van der Waals surface area contributed by atoms with E-state index in [4.69, 9.17) is 61.0 Å². The Bertz CT molecular complexity index is 3000. The van der Waals surface area contributed by atoms with Gasteiger partial charge in [-0.15, -0.1) is 0 Å². The SMILES string of the molecule is CC(=O)Nc1ccc2oc3c(OC(F)F)ccc(C(=O)Nc4c(Cl)cncc4Cl)c3c2c1.Nc1ccc2oc3c(OC(F)F)ccc(C(=O)Nc4c(Cl)cncc4Cl)c3c2c1. The third-order valence-electron chi connectivity index (χ3n) is 8.61. The highest BCUT2D eigenvalue weighted by molar-refractivity contribution is 6.41. The highest BCUT2D eigenvalue weighted by atomic mass is 35.5. The summed E-state index contributed by atoms with van der Waals surface area (Å²) in [7, 11) is 0. The number of carbonyl (C=O) groups is 3. The maximum absolute atomic E-state index is 13.1. The van der Waals surface area contributed by atoms with Gasteiger partial charge < -0.3 is 40.0 Å². The third-order valence-corrected chi connectivity index (χ3v) is 9.76. The Morgan fingerprint density at radius 2 is 1.05 bits per heavy atom. The van der Waals surface area contributed by atoms with Crippen LogP contribution >= 0.6 is 46.4 Å². The molecule has 13 nitrogen and oxygen atoms in total. The van der Waals surface area contributed by atoms with Crippen LogP contribution in [0.1, 0.15) is 27.6 Å². The summed E-state index contributed by atoms with van der Waals surface area (Å²) in [6, 6.07) is 14.5. The van der Waals surface area contributed by atoms with Crippen molar-refractivity contribution in [3.63, 3.8) is 0 Å². The van der Waals surface area contributed by atoms with E-state index in [0.29, 0.717) is 33.3 Å². The van der Waals surface area contributed by atoms with Crippen molar-refractivity contribution in [3.05, 3.63) is 117 Å². The molecule has 0 saturated heterocycles. The molecule has 312 valence electrons. The van der Waals surface area contributed by atoms with Crippen molar-refractivity contribution in [1.29, 1.82) is 0 Å². The average molecular weight is 918 g/mol. The number of pyridine rings is 2. The molecule has 0 unspecified atom stereocenters. The van der Waals surface area contributed by atoms with Gasteiger partial charge in [-0.2, -0.15) is 17.6 Å². The molecule has 0 saturated carbocycles. The normalized spacial score (nSPS) is 11.3. The van der Waals surface area contributed by atoms with E-state index >= 15 is 0 Å². The second-order valence-electron chi connectivity index (χ2n) is 12.6. The lowest BCUT2D eigenvalue weighted by Crippen LogP contribution is -2.13. The third kappa shape index (κ3) is 9.00. The molecule has 5 N–H and O–H groups in total. The van der Waals surface area contributed by atoms with E-state index in [1.807, 2.05) is 0 Å². The summed E-state index contributed by atoms with van der Waals surface area (Å²) in [4.78, 5) is 45.2. The number of fused-ring (bicyclic) bond motifs is 6. The van der Waals surface area contributed by atoms with E-state index in [1.54, 1.807) is 36.4 Å². The van der Waals surface area contributed by atoms with E-state index in [-0.39, 0.29) is 81.9 Å². The summed E-state index contributed by atoms with van der Waals surface area (Å²) in [6.45, 7) is -4.83. The van der Waals surface area contributed by atoms with Gasteiger partial charge in [-0.1, -0.05) is 46.4 Å². The number of benzene rings is 4. The first-order valence-electron chi connectivity index (χ1n) is 17.2. The molecule has 0 spiro atoms. The fourth-order valence-corrected chi connectivity index (χ4v) is 7.11. The lowest BCUT2D eigenvalue weighted by molar-refractivity contribution is -0.114. The molecule has 0 aliphatic carbocycles. The van der Waals surface area contributed by atoms with Crippen LogP contribution in [-0.4, -0.2) is 40.9 Å². The zero-order chi connectivity index (χ0) is 43.7. The van der Waals surface area contributed by atoms with Gasteiger partial charge >= 0.3 is 13.2 Å². The number of alkyl halides is 4. The predicted molar refractivity (Wildman–Crippen MR) is 224 cm³/mol. The molecule has 3 amide bonds. The highest BCUT2D eigenvalue weighted by Crippen LogP contribution is 2.41. The van der Waals surface area contributed by atoms with Gasteiger partial charge in [0.25, 0.3) is 11.8 Å². The van der Waals surface area contributed by atoms with Crippen molar-refractivity contribution in [2.24, 2.45) is 0 Å². The first-order chi connectivity index (χ1) is 29.1.